The molecule has 0 saturated heterocycles. The van der Waals surface area contributed by atoms with Crippen LogP contribution in [0.5, 0.6) is 0 Å². The van der Waals surface area contributed by atoms with Crippen LogP contribution in [-0.4, -0.2) is 51.3 Å². The van der Waals surface area contributed by atoms with Crippen LogP contribution in [0.1, 0.15) is 16.9 Å². The first-order chi connectivity index (χ1) is 9.97. The fourth-order valence-electron chi connectivity index (χ4n) is 2.26. The lowest BCUT2D eigenvalue weighted by molar-refractivity contribution is -0.137. The number of nitrogens with zero attached hydrogens (tertiary/aromatic N) is 2. The summed E-state index contributed by atoms with van der Waals surface area (Å²) < 4.78 is 0. The van der Waals surface area contributed by atoms with Crippen LogP contribution in [0.15, 0.2) is 35.5 Å². The number of aromatic nitrogens is 1. The van der Waals surface area contributed by atoms with Crippen LogP contribution < -0.4 is 0 Å². The third-order valence-electron chi connectivity index (χ3n) is 3.20. The van der Waals surface area contributed by atoms with Gasteiger partial charge >= 0.3 is 5.97 Å². The van der Waals surface area contributed by atoms with Gasteiger partial charge in [-0.2, -0.15) is 0 Å². The van der Waals surface area contributed by atoms with Gasteiger partial charge in [0.2, 0.25) is 5.78 Å². The van der Waals surface area contributed by atoms with E-state index >= 15 is 0 Å². The molecule has 2 heterocycles. The first-order valence-electron chi connectivity index (χ1n) is 6.18. The molecule has 2 rings (SSSR count). The lowest BCUT2D eigenvalue weighted by Crippen LogP contribution is -2.30. The van der Waals surface area contributed by atoms with Gasteiger partial charge in [0.25, 0.3) is 5.91 Å². The number of likely N-dealkylation sites (N-methyl/N-ethyl adjacent to an activating group) is 1. The summed E-state index contributed by atoms with van der Waals surface area (Å²) in [6, 6.07) is 4.90. The van der Waals surface area contributed by atoms with Gasteiger partial charge in [-0.05, 0) is 18.4 Å². The average Bonchev–Trinajstić information content (AvgIpc) is 2.71. The lowest BCUT2D eigenvalue weighted by Gasteiger charge is -2.20. The average molecular weight is 306 g/mol. The van der Waals surface area contributed by atoms with Crippen molar-refractivity contribution in [2.75, 3.05) is 13.3 Å². The third-order valence-corrected chi connectivity index (χ3v) is 4.19. The number of carboxylic acids is 1. The van der Waals surface area contributed by atoms with Gasteiger partial charge in [0.15, 0.2) is 0 Å². The molecule has 21 heavy (non-hydrogen) atoms. The Hall–Kier alpha value is -2.15. The summed E-state index contributed by atoms with van der Waals surface area (Å²) in [4.78, 5) is 41.1. The van der Waals surface area contributed by atoms with Gasteiger partial charge in [0.05, 0.1) is 6.42 Å². The number of carboxylic acid groups (broad SMARTS) is 1. The summed E-state index contributed by atoms with van der Waals surface area (Å²) in [5, 5.41) is 8.48. The number of hydrogen-bond donors (Lipinski definition) is 1. The summed E-state index contributed by atoms with van der Waals surface area (Å²) in [6.45, 7) is 0. The largest absolute Gasteiger partial charge is 0.481 e. The molecule has 0 fully saturated rings. The maximum atomic E-state index is 12.6. The number of pyridine rings is 1. The van der Waals surface area contributed by atoms with E-state index in [1.54, 1.807) is 31.5 Å². The minimum atomic E-state index is -1.14. The Kier molecular flexibility index (Phi) is 4.42. The molecule has 0 radical (unpaired) electrons. The minimum absolute atomic E-state index is 0.0417. The van der Waals surface area contributed by atoms with Crippen molar-refractivity contribution in [3.05, 3.63) is 41.2 Å². The van der Waals surface area contributed by atoms with E-state index < -0.39 is 29.5 Å². The van der Waals surface area contributed by atoms with E-state index in [1.807, 2.05) is 0 Å². The van der Waals surface area contributed by atoms with E-state index in [4.69, 9.17) is 5.11 Å². The van der Waals surface area contributed by atoms with Crippen LogP contribution in [0.4, 0.5) is 0 Å². The molecule has 1 amide bonds. The number of aliphatic carboxylic acids is 1. The molecule has 1 aromatic heterocycles. The Bertz CT molecular complexity index is 627. The predicted octanol–water partition coefficient (Wildman–Crippen LogP) is 1.20. The Morgan fingerprint density at radius 3 is 2.67 bits per heavy atom. The molecule has 0 unspecified atom stereocenters. The lowest BCUT2D eigenvalue weighted by atomic mass is 10.0. The Balaban J connectivity index is 2.52. The number of ketones is 1. The van der Waals surface area contributed by atoms with Crippen molar-refractivity contribution in [2.24, 2.45) is 0 Å². The van der Waals surface area contributed by atoms with Crippen molar-refractivity contribution in [3.8, 4) is 0 Å². The highest BCUT2D eigenvalue weighted by Crippen LogP contribution is 2.34. The van der Waals surface area contributed by atoms with Gasteiger partial charge in [-0.3, -0.25) is 19.4 Å². The highest BCUT2D eigenvalue weighted by molar-refractivity contribution is 7.99. The second-order valence-electron chi connectivity index (χ2n) is 4.51. The first kappa shape index (κ1) is 15.2. The van der Waals surface area contributed by atoms with E-state index in [9.17, 15) is 14.4 Å². The molecule has 7 heteroatoms. The van der Waals surface area contributed by atoms with Crippen LogP contribution in [0.2, 0.25) is 0 Å². The number of thioether (sulfide) groups is 1. The molecule has 0 saturated carbocycles. The van der Waals surface area contributed by atoms with Crippen LogP contribution in [-0.2, 0) is 9.59 Å². The van der Waals surface area contributed by atoms with Crippen molar-refractivity contribution in [1.82, 2.24) is 9.88 Å². The van der Waals surface area contributed by atoms with Crippen molar-refractivity contribution in [2.45, 2.75) is 11.8 Å². The van der Waals surface area contributed by atoms with E-state index in [1.165, 1.54) is 22.9 Å². The van der Waals surface area contributed by atoms with E-state index in [0.29, 0.717) is 0 Å². The number of amides is 1. The first-order valence-corrected chi connectivity index (χ1v) is 7.46. The van der Waals surface area contributed by atoms with Gasteiger partial charge in [-0.25, -0.2) is 0 Å². The second kappa shape index (κ2) is 6.09. The molecule has 1 aliphatic rings. The van der Waals surface area contributed by atoms with Crippen molar-refractivity contribution >= 4 is 29.4 Å². The molecule has 6 nitrogen and oxygen atoms in total. The van der Waals surface area contributed by atoms with Gasteiger partial charge in [0, 0.05) is 24.4 Å². The highest BCUT2D eigenvalue weighted by atomic mass is 32.2. The van der Waals surface area contributed by atoms with Crippen LogP contribution in [0, 0.1) is 0 Å². The molecule has 1 aromatic rings. The summed E-state index contributed by atoms with van der Waals surface area (Å²) in [7, 11) is 1.56. The van der Waals surface area contributed by atoms with Crippen molar-refractivity contribution in [1.29, 1.82) is 0 Å². The van der Waals surface area contributed by atoms with Crippen LogP contribution in [0.3, 0.4) is 0 Å². The van der Waals surface area contributed by atoms with Crippen molar-refractivity contribution in [3.63, 3.8) is 0 Å². The van der Waals surface area contributed by atoms with Gasteiger partial charge in [-0.15, -0.1) is 11.8 Å². The van der Waals surface area contributed by atoms with Crippen LogP contribution in [0.25, 0.3) is 0 Å². The number of Topliss-reactive ketones (excluding diaryl/α,β-unsaturated/α-hetero) is 1. The Labute approximate surface area is 125 Å². The molecule has 1 atom stereocenters. The van der Waals surface area contributed by atoms with Crippen molar-refractivity contribution < 1.29 is 19.5 Å². The monoisotopic (exact) mass is 306 g/mol. The molecule has 0 bridgehead atoms. The quantitative estimate of drug-likeness (QED) is 0.822. The van der Waals surface area contributed by atoms with Gasteiger partial charge in [0.1, 0.15) is 11.1 Å². The molecule has 0 aliphatic carbocycles. The van der Waals surface area contributed by atoms with E-state index in [-0.39, 0.29) is 16.8 Å². The summed E-state index contributed by atoms with van der Waals surface area (Å²) in [5.74, 6) is -1.96. The molecule has 0 aromatic carbocycles. The van der Waals surface area contributed by atoms with Gasteiger partial charge < -0.3 is 10.0 Å². The fraction of sp³-hybridized carbons (Fsp3) is 0.286. The number of carbonyl (C=O) groups excluding carboxylic acids is 2. The number of carbonyl (C=O) groups is 3. The maximum absolute atomic E-state index is 12.6. The standard InChI is InChI=1S/C14H14N2O4S/c1-16-13(20)8(7-10(17)18)11(14(16)21-2)12(19)9-5-3-4-6-15-9/h3-6,14H,7H2,1-2H3,(H,17,18)/t14-/m0/s1. The summed E-state index contributed by atoms with van der Waals surface area (Å²) >= 11 is 1.31. The topological polar surface area (TPSA) is 87.6 Å². The molecule has 1 N–H and O–H groups in total. The van der Waals surface area contributed by atoms with Crippen LogP contribution >= 0.6 is 11.8 Å². The Morgan fingerprint density at radius 1 is 1.43 bits per heavy atom. The minimum Gasteiger partial charge on any atom is -0.481 e. The zero-order chi connectivity index (χ0) is 15.6. The number of rotatable bonds is 5. The SMILES string of the molecule is CS[C@H]1C(C(=O)c2ccccn2)=C(CC(=O)O)C(=O)N1C. The van der Waals surface area contributed by atoms with E-state index in [0.717, 1.165) is 0 Å². The summed E-state index contributed by atoms with van der Waals surface area (Å²) in [5.41, 5.74) is 0.466. The Morgan fingerprint density at radius 2 is 2.14 bits per heavy atom. The highest BCUT2D eigenvalue weighted by Gasteiger charge is 2.40. The zero-order valence-corrected chi connectivity index (χ0v) is 12.4. The third kappa shape index (κ3) is 2.82. The molecular formula is C14H14N2O4S. The molecule has 1 aliphatic heterocycles. The predicted molar refractivity (Wildman–Crippen MR) is 77.9 cm³/mol. The molecule has 110 valence electrons. The summed E-state index contributed by atoms with van der Waals surface area (Å²) in [6.07, 6.45) is 2.79. The van der Waals surface area contributed by atoms with E-state index in [2.05, 4.69) is 4.98 Å². The van der Waals surface area contributed by atoms with Gasteiger partial charge in [-0.1, -0.05) is 6.07 Å². The maximum Gasteiger partial charge on any atom is 0.308 e. The smallest absolute Gasteiger partial charge is 0.308 e. The normalized spacial score (nSPS) is 18.3. The molecular weight excluding hydrogens is 292 g/mol. The molecule has 0 spiro atoms. The second-order valence-corrected chi connectivity index (χ2v) is 5.43. The zero-order valence-electron chi connectivity index (χ0n) is 11.6. The fourth-order valence-corrected chi connectivity index (χ4v) is 3.16. The number of hydrogen-bond acceptors (Lipinski definition) is 5.